The molecule has 0 unspecified atom stereocenters. The van der Waals surface area contributed by atoms with Gasteiger partial charge in [-0.15, -0.1) is 10.2 Å². The average molecular weight is 426 g/mol. The van der Waals surface area contributed by atoms with Crippen LogP contribution < -0.4 is 10.1 Å². The van der Waals surface area contributed by atoms with E-state index < -0.39 is 17.9 Å². The van der Waals surface area contributed by atoms with Crippen LogP contribution in [-0.4, -0.2) is 49.9 Å². The van der Waals surface area contributed by atoms with Crippen LogP contribution in [0.15, 0.2) is 24.4 Å². The fourth-order valence-corrected chi connectivity index (χ4v) is 3.22. The Bertz CT molecular complexity index is 1300. The van der Waals surface area contributed by atoms with Crippen LogP contribution in [0.3, 0.4) is 0 Å². The number of methoxy groups -OCH3 is 1. The van der Waals surface area contributed by atoms with Crippen molar-refractivity contribution in [2.45, 2.75) is 20.4 Å². The zero-order valence-corrected chi connectivity index (χ0v) is 17.2. The minimum absolute atomic E-state index is 0.0550. The Morgan fingerprint density at radius 3 is 2.84 bits per heavy atom. The number of aromatic nitrogens is 6. The number of rotatable bonds is 7. The first-order valence-corrected chi connectivity index (χ1v) is 9.54. The van der Waals surface area contributed by atoms with E-state index in [0.717, 1.165) is 0 Å². The molecule has 0 spiro atoms. The van der Waals surface area contributed by atoms with E-state index in [1.54, 1.807) is 32.0 Å². The number of nitrogens with one attached hydrogen (secondary N) is 1. The van der Waals surface area contributed by atoms with Crippen LogP contribution >= 0.6 is 0 Å². The smallest absolute Gasteiger partial charge is 0.244 e. The van der Waals surface area contributed by atoms with Gasteiger partial charge in [-0.25, -0.2) is 18.0 Å². The monoisotopic (exact) mass is 426 g/mol. The minimum Gasteiger partial charge on any atom is -0.479 e. The van der Waals surface area contributed by atoms with E-state index in [-0.39, 0.29) is 23.9 Å². The number of ether oxygens (including phenoxy) is 1. The molecule has 0 aliphatic heterocycles. The summed E-state index contributed by atoms with van der Waals surface area (Å²) in [6, 6.07) is 7.29. The number of aryl methyl sites for hydroxylation is 1. The molecule has 1 N–H and O–H groups in total. The second-order valence-corrected chi connectivity index (χ2v) is 7.64. The number of nitriles is 1. The van der Waals surface area contributed by atoms with E-state index in [4.69, 9.17) is 4.74 Å². The summed E-state index contributed by atoms with van der Waals surface area (Å²) < 4.78 is 36.0. The third-order valence-electron chi connectivity index (χ3n) is 4.84. The van der Waals surface area contributed by atoms with Crippen molar-refractivity contribution in [3.05, 3.63) is 30.2 Å². The summed E-state index contributed by atoms with van der Waals surface area (Å²) in [5.41, 5.74) is 1.65. The van der Waals surface area contributed by atoms with E-state index in [9.17, 15) is 9.65 Å². The molecule has 0 fully saturated rings. The van der Waals surface area contributed by atoms with Gasteiger partial charge in [0.1, 0.15) is 17.7 Å². The Hall–Kier alpha value is -3.81. The van der Waals surface area contributed by atoms with E-state index in [2.05, 4.69) is 31.8 Å². The average Bonchev–Trinajstić information content (AvgIpc) is 3.31. The molecule has 1 aromatic carbocycles. The van der Waals surface area contributed by atoms with E-state index in [0.29, 0.717) is 28.7 Å². The lowest BCUT2D eigenvalue weighted by Gasteiger charge is -2.16. The van der Waals surface area contributed by atoms with E-state index >= 15 is 4.39 Å². The normalized spacial score (nSPS) is 11.7. The van der Waals surface area contributed by atoms with Gasteiger partial charge in [0.15, 0.2) is 5.82 Å². The van der Waals surface area contributed by atoms with Crippen LogP contribution in [0.5, 0.6) is 5.88 Å². The van der Waals surface area contributed by atoms with Gasteiger partial charge in [0.25, 0.3) is 0 Å². The van der Waals surface area contributed by atoms with E-state index in [1.165, 1.54) is 22.5 Å². The molecule has 3 heterocycles. The first-order valence-electron chi connectivity index (χ1n) is 9.54. The van der Waals surface area contributed by atoms with Crippen LogP contribution in [0.25, 0.3) is 27.7 Å². The van der Waals surface area contributed by atoms with Crippen molar-refractivity contribution < 1.29 is 13.5 Å². The Balaban J connectivity index is 1.82. The molecule has 31 heavy (non-hydrogen) atoms. The maximum atomic E-state index is 15.0. The van der Waals surface area contributed by atoms with Crippen molar-refractivity contribution in [3.63, 3.8) is 0 Å². The largest absolute Gasteiger partial charge is 0.479 e. The summed E-state index contributed by atoms with van der Waals surface area (Å²) in [4.78, 5) is 4.33. The molecule has 0 amide bonds. The van der Waals surface area contributed by atoms with E-state index in [1.807, 2.05) is 0 Å². The minimum atomic E-state index is -0.634. The van der Waals surface area contributed by atoms with Crippen molar-refractivity contribution >= 4 is 22.5 Å². The summed E-state index contributed by atoms with van der Waals surface area (Å²) in [6.07, 6.45) is 1.23. The first kappa shape index (κ1) is 20.5. The topological polar surface area (TPSA) is 106 Å². The van der Waals surface area contributed by atoms with Gasteiger partial charge in [-0.1, -0.05) is 11.3 Å². The summed E-state index contributed by atoms with van der Waals surface area (Å²) in [6.45, 7) is 3.33. The zero-order chi connectivity index (χ0) is 22.2. The predicted molar refractivity (Wildman–Crippen MR) is 110 cm³/mol. The van der Waals surface area contributed by atoms with Crippen molar-refractivity contribution in [3.8, 4) is 23.1 Å². The quantitative estimate of drug-likeness (QED) is 0.484. The number of benzene rings is 1. The van der Waals surface area contributed by atoms with Crippen LogP contribution in [0.4, 0.5) is 14.7 Å². The number of alkyl halides is 1. The fourth-order valence-electron chi connectivity index (χ4n) is 3.22. The lowest BCUT2D eigenvalue weighted by Crippen LogP contribution is -2.22. The molecule has 0 saturated heterocycles. The van der Waals surface area contributed by atoms with Crippen LogP contribution in [0.1, 0.15) is 13.8 Å². The highest BCUT2D eigenvalue weighted by Crippen LogP contribution is 2.35. The molecule has 0 aliphatic rings. The highest BCUT2D eigenvalue weighted by atomic mass is 19.1. The standard InChI is InChI=1S/C20H20F2N8O/c1-20(2,10-23)11-24-19-25-18(31-3)17-16(13(22)9-30(17)27-19)12-4-5-14-15(8-12)29(7-6-21)28-26-14/h4-5,8-9H,6-7,11H2,1-3H3,(H,24,27). The molecule has 4 rings (SSSR count). The molecule has 160 valence electrons. The van der Waals surface area contributed by atoms with Gasteiger partial charge in [0, 0.05) is 6.54 Å². The summed E-state index contributed by atoms with van der Waals surface area (Å²) in [5, 5.41) is 24.4. The molecule has 0 radical (unpaired) electrons. The molecule has 0 saturated carbocycles. The molecule has 0 bridgehead atoms. The van der Waals surface area contributed by atoms with Gasteiger partial charge in [0.05, 0.1) is 42.4 Å². The zero-order valence-electron chi connectivity index (χ0n) is 17.2. The van der Waals surface area contributed by atoms with Gasteiger partial charge in [-0.3, -0.25) is 0 Å². The van der Waals surface area contributed by atoms with Crippen LogP contribution in [0.2, 0.25) is 0 Å². The Morgan fingerprint density at radius 1 is 1.32 bits per heavy atom. The number of hydrogen-bond acceptors (Lipinski definition) is 7. The van der Waals surface area contributed by atoms with Crippen molar-refractivity contribution in [2.75, 3.05) is 25.6 Å². The fraction of sp³-hybridized carbons (Fsp3) is 0.350. The number of halogens is 2. The number of anilines is 1. The second-order valence-electron chi connectivity index (χ2n) is 7.64. The molecule has 3 aromatic heterocycles. The predicted octanol–water partition coefficient (Wildman–Crippen LogP) is 3.22. The van der Waals surface area contributed by atoms with Crippen molar-refractivity contribution in [1.82, 2.24) is 29.6 Å². The Labute approximate surface area is 176 Å². The third kappa shape index (κ3) is 3.72. The maximum absolute atomic E-state index is 15.0. The van der Waals surface area contributed by atoms with Gasteiger partial charge < -0.3 is 10.1 Å². The summed E-state index contributed by atoms with van der Waals surface area (Å²) in [7, 11) is 1.43. The Morgan fingerprint density at radius 2 is 2.13 bits per heavy atom. The second kappa shape index (κ2) is 7.79. The molecular weight excluding hydrogens is 406 g/mol. The summed E-state index contributed by atoms with van der Waals surface area (Å²) >= 11 is 0. The van der Waals surface area contributed by atoms with Gasteiger partial charge in [-0.05, 0) is 31.5 Å². The lowest BCUT2D eigenvalue weighted by molar-refractivity contribution is 0.399. The maximum Gasteiger partial charge on any atom is 0.244 e. The number of hydrogen-bond donors (Lipinski definition) is 1. The highest BCUT2D eigenvalue weighted by molar-refractivity contribution is 5.89. The molecule has 0 aliphatic carbocycles. The third-order valence-corrected chi connectivity index (χ3v) is 4.84. The number of nitrogens with zero attached hydrogens (tertiary/aromatic N) is 7. The molecule has 11 heteroatoms. The van der Waals surface area contributed by atoms with Crippen molar-refractivity contribution in [1.29, 1.82) is 5.26 Å². The van der Waals surface area contributed by atoms with Crippen LogP contribution in [-0.2, 0) is 6.54 Å². The molecule has 0 atom stereocenters. The molecular formula is C20H20F2N8O. The SMILES string of the molecule is COc1nc(NCC(C)(C)C#N)nn2cc(F)c(-c3ccc4nnn(CCF)c4c3)c12. The number of fused-ring (bicyclic) bond motifs is 2. The summed E-state index contributed by atoms with van der Waals surface area (Å²) in [5.74, 6) is -0.150. The van der Waals surface area contributed by atoms with Gasteiger partial charge in [0.2, 0.25) is 11.8 Å². The first-order chi connectivity index (χ1) is 14.9. The van der Waals surface area contributed by atoms with Gasteiger partial charge >= 0.3 is 0 Å². The van der Waals surface area contributed by atoms with Gasteiger partial charge in [-0.2, -0.15) is 10.2 Å². The molecule has 4 aromatic rings. The van der Waals surface area contributed by atoms with Crippen LogP contribution in [0, 0.1) is 22.6 Å². The lowest BCUT2D eigenvalue weighted by atomic mass is 9.96. The molecule has 9 nitrogen and oxygen atoms in total. The Kier molecular flexibility index (Phi) is 5.14. The highest BCUT2D eigenvalue weighted by Gasteiger charge is 2.22. The van der Waals surface area contributed by atoms with Crippen molar-refractivity contribution in [2.24, 2.45) is 5.41 Å².